The van der Waals surface area contributed by atoms with Crippen LogP contribution in [0.3, 0.4) is 0 Å². The minimum Gasteiger partial charge on any atom is -0.373 e. The predicted octanol–water partition coefficient (Wildman–Crippen LogP) is 2.40. The number of epoxide rings is 1. The number of hydrogen-bond donors (Lipinski definition) is 0. The van der Waals surface area contributed by atoms with Gasteiger partial charge in [-0.1, -0.05) is 15.9 Å². The van der Waals surface area contributed by atoms with E-state index in [2.05, 4.69) is 15.9 Å². The Bertz CT molecular complexity index is 449. The third-order valence-electron chi connectivity index (χ3n) is 2.51. The fourth-order valence-electron chi connectivity index (χ4n) is 1.50. The summed E-state index contributed by atoms with van der Waals surface area (Å²) < 4.78 is 29.7. The van der Waals surface area contributed by atoms with Crippen LogP contribution in [0.2, 0.25) is 0 Å². The molecule has 1 aromatic carbocycles. The summed E-state index contributed by atoms with van der Waals surface area (Å²) in [5.41, 5.74) is 0. The van der Waals surface area contributed by atoms with Crippen LogP contribution in [0, 0.1) is 0 Å². The molecule has 1 aliphatic rings. The van der Waals surface area contributed by atoms with Crippen LogP contribution in [0.4, 0.5) is 0 Å². The molecule has 1 heterocycles. The molecule has 0 bridgehead atoms. The van der Waals surface area contributed by atoms with Crippen molar-refractivity contribution in [3.63, 3.8) is 0 Å². The molecule has 1 fully saturated rings. The van der Waals surface area contributed by atoms with Crippen LogP contribution in [-0.4, -0.2) is 26.9 Å². The van der Waals surface area contributed by atoms with Crippen LogP contribution < -0.4 is 0 Å². The number of benzene rings is 1. The van der Waals surface area contributed by atoms with E-state index >= 15 is 0 Å². The molecule has 3 nitrogen and oxygen atoms in total. The van der Waals surface area contributed by atoms with Crippen LogP contribution in [0.5, 0.6) is 0 Å². The predicted molar refractivity (Wildman–Crippen MR) is 65.2 cm³/mol. The molecule has 2 rings (SSSR count). The molecule has 1 aliphatic heterocycles. The summed E-state index contributed by atoms with van der Waals surface area (Å²) in [7, 11) is -3.12. The summed E-state index contributed by atoms with van der Waals surface area (Å²) in [5, 5.41) is 0. The van der Waals surface area contributed by atoms with Crippen LogP contribution in [-0.2, 0) is 14.6 Å². The third-order valence-corrected chi connectivity index (χ3v) is 4.86. The molecule has 0 N–H and O–H groups in total. The highest BCUT2D eigenvalue weighted by molar-refractivity contribution is 9.10. The molecular formula is C11H13BrO3S. The maximum atomic E-state index is 11.9. The Kier molecular flexibility index (Phi) is 3.66. The van der Waals surface area contributed by atoms with Gasteiger partial charge in [-0.3, -0.25) is 0 Å². The van der Waals surface area contributed by atoms with E-state index in [0.29, 0.717) is 17.4 Å². The average Bonchev–Trinajstić information content (AvgIpc) is 3.02. The monoisotopic (exact) mass is 304 g/mol. The van der Waals surface area contributed by atoms with Crippen molar-refractivity contribution in [2.45, 2.75) is 23.8 Å². The Morgan fingerprint density at radius 3 is 2.50 bits per heavy atom. The number of halogens is 1. The molecular weight excluding hydrogens is 292 g/mol. The summed E-state index contributed by atoms with van der Waals surface area (Å²) in [5.74, 6) is 0.203. The lowest BCUT2D eigenvalue weighted by Crippen LogP contribution is -2.07. The second-order valence-electron chi connectivity index (χ2n) is 3.87. The van der Waals surface area contributed by atoms with Crippen molar-refractivity contribution in [3.05, 3.63) is 28.7 Å². The summed E-state index contributed by atoms with van der Waals surface area (Å²) in [6.45, 7) is 0.790. The van der Waals surface area contributed by atoms with Gasteiger partial charge in [0, 0.05) is 4.47 Å². The Morgan fingerprint density at radius 2 is 1.94 bits per heavy atom. The largest absolute Gasteiger partial charge is 0.373 e. The van der Waals surface area contributed by atoms with E-state index in [4.69, 9.17) is 4.74 Å². The smallest absolute Gasteiger partial charge is 0.178 e. The van der Waals surface area contributed by atoms with Crippen molar-refractivity contribution in [3.8, 4) is 0 Å². The first kappa shape index (κ1) is 12.1. The van der Waals surface area contributed by atoms with Crippen molar-refractivity contribution in [1.82, 2.24) is 0 Å². The zero-order valence-corrected chi connectivity index (χ0v) is 11.1. The van der Waals surface area contributed by atoms with Gasteiger partial charge in [-0.15, -0.1) is 0 Å². The van der Waals surface area contributed by atoms with E-state index in [1.807, 2.05) is 0 Å². The molecule has 1 unspecified atom stereocenters. The second kappa shape index (κ2) is 4.85. The first-order valence-electron chi connectivity index (χ1n) is 5.18. The van der Waals surface area contributed by atoms with E-state index in [1.165, 1.54) is 0 Å². The van der Waals surface area contributed by atoms with Gasteiger partial charge in [-0.05, 0) is 37.1 Å². The van der Waals surface area contributed by atoms with Crippen molar-refractivity contribution in [1.29, 1.82) is 0 Å². The van der Waals surface area contributed by atoms with Crippen LogP contribution >= 0.6 is 15.9 Å². The number of rotatable bonds is 5. The van der Waals surface area contributed by atoms with Gasteiger partial charge in [0.05, 0.1) is 23.4 Å². The van der Waals surface area contributed by atoms with Gasteiger partial charge in [0.2, 0.25) is 0 Å². The van der Waals surface area contributed by atoms with Gasteiger partial charge >= 0.3 is 0 Å². The van der Waals surface area contributed by atoms with Crippen molar-refractivity contribution < 1.29 is 13.2 Å². The summed E-state index contributed by atoms with van der Waals surface area (Å²) in [6.07, 6.45) is 1.82. The summed E-state index contributed by atoms with van der Waals surface area (Å²) >= 11 is 3.28. The molecule has 5 heteroatoms. The molecule has 0 radical (unpaired) electrons. The Hall–Kier alpha value is -0.390. The maximum Gasteiger partial charge on any atom is 0.178 e. The molecule has 88 valence electrons. The Balaban J connectivity index is 1.97. The molecule has 0 amide bonds. The van der Waals surface area contributed by atoms with Gasteiger partial charge in [0.15, 0.2) is 9.84 Å². The van der Waals surface area contributed by atoms with Crippen LogP contribution in [0.15, 0.2) is 33.6 Å². The van der Waals surface area contributed by atoms with E-state index in [1.54, 1.807) is 24.3 Å². The minimum atomic E-state index is -3.12. The summed E-state index contributed by atoms with van der Waals surface area (Å²) in [4.78, 5) is 0.396. The normalized spacial score (nSPS) is 19.7. The molecule has 0 aromatic heterocycles. The van der Waals surface area contributed by atoms with E-state index < -0.39 is 9.84 Å². The van der Waals surface area contributed by atoms with Gasteiger partial charge in [0.25, 0.3) is 0 Å². The Morgan fingerprint density at radius 1 is 1.31 bits per heavy atom. The first-order valence-corrected chi connectivity index (χ1v) is 7.62. The molecule has 0 saturated carbocycles. The lowest BCUT2D eigenvalue weighted by atomic mass is 10.3. The highest BCUT2D eigenvalue weighted by Crippen LogP contribution is 2.19. The minimum absolute atomic E-state index is 0.203. The van der Waals surface area contributed by atoms with Crippen molar-refractivity contribution >= 4 is 25.8 Å². The molecule has 16 heavy (non-hydrogen) atoms. The van der Waals surface area contributed by atoms with E-state index in [0.717, 1.165) is 17.5 Å². The van der Waals surface area contributed by atoms with Gasteiger partial charge in [0.1, 0.15) is 0 Å². The maximum absolute atomic E-state index is 11.9. The molecule has 0 aliphatic carbocycles. The van der Waals surface area contributed by atoms with Gasteiger partial charge in [-0.2, -0.15) is 0 Å². The standard InChI is InChI=1S/C11H13BrO3S/c12-9-3-5-11(6-4-9)16(13,14)7-1-2-10-8-15-10/h3-6,10H,1-2,7-8H2. The SMILES string of the molecule is O=S(=O)(CCCC1CO1)c1ccc(Br)cc1. The van der Waals surface area contributed by atoms with Crippen molar-refractivity contribution in [2.24, 2.45) is 0 Å². The number of hydrogen-bond acceptors (Lipinski definition) is 3. The van der Waals surface area contributed by atoms with Crippen LogP contribution in [0.1, 0.15) is 12.8 Å². The van der Waals surface area contributed by atoms with Gasteiger partial charge < -0.3 is 4.74 Å². The zero-order chi connectivity index (χ0) is 11.6. The molecule has 1 aromatic rings. The fourth-order valence-corrected chi connectivity index (χ4v) is 3.09. The lowest BCUT2D eigenvalue weighted by Gasteiger charge is -2.03. The second-order valence-corrected chi connectivity index (χ2v) is 6.90. The molecule has 1 atom stereocenters. The topological polar surface area (TPSA) is 46.7 Å². The Labute approximate surface area is 104 Å². The zero-order valence-electron chi connectivity index (χ0n) is 8.73. The lowest BCUT2D eigenvalue weighted by molar-refractivity contribution is 0.395. The number of sulfone groups is 1. The van der Waals surface area contributed by atoms with E-state index in [-0.39, 0.29) is 5.75 Å². The highest BCUT2D eigenvalue weighted by atomic mass is 79.9. The van der Waals surface area contributed by atoms with Gasteiger partial charge in [-0.25, -0.2) is 8.42 Å². The number of ether oxygens (including phenoxy) is 1. The third kappa shape index (κ3) is 3.30. The van der Waals surface area contributed by atoms with Crippen molar-refractivity contribution in [2.75, 3.05) is 12.4 Å². The fraction of sp³-hybridized carbons (Fsp3) is 0.455. The first-order chi connectivity index (χ1) is 7.58. The highest BCUT2D eigenvalue weighted by Gasteiger charge is 2.23. The average molecular weight is 305 g/mol. The molecule has 0 spiro atoms. The summed E-state index contributed by atoms with van der Waals surface area (Å²) in [6, 6.07) is 6.76. The van der Waals surface area contributed by atoms with E-state index in [9.17, 15) is 8.42 Å². The quantitative estimate of drug-likeness (QED) is 0.785. The van der Waals surface area contributed by atoms with Crippen LogP contribution in [0.25, 0.3) is 0 Å². The molecule has 1 saturated heterocycles.